The van der Waals surface area contributed by atoms with E-state index in [0.29, 0.717) is 0 Å². The second-order valence-electron chi connectivity index (χ2n) is 6.37. The first-order valence-corrected chi connectivity index (χ1v) is 8.71. The van der Waals surface area contributed by atoms with E-state index in [4.69, 9.17) is 0 Å². The number of hydrogen-bond acceptors (Lipinski definition) is 2. The molecular formula is C17H25BrN2. The summed E-state index contributed by atoms with van der Waals surface area (Å²) in [5.41, 5.74) is 3.12. The van der Waals surface area contributed by atoms with Gasteiger partial charge < -0.3 is 5.32 Å². The Bertz CT molecular complexity index is 458. The van der Waals surface area contributed by atoms with Crippen LogP contribution >= 0.6 is 15.9 Å². The Morgan fingerprint density at radius 3 is 3.05 bits per heavy atom. The molecule has 1 aliphatic carbocycles. The van der Waals surface area contributed by atoms with Gasteiger partial charge in [0.15, 0.2) is 0 Å². The third-order valence-electron chi connectivity index (χ3n) is 4.93. The molecule has 3 rings (SSSR count). The van der Waals surface area contributed by atoms with E-state index in [9.17, 15) is 0 Å². The molecule has 1 saturated heterocycles. The van der Waals surface area contributed by atoms with Gasteiger partial charge in [0.25, 0.3) is 0 Å². The Kier molecular flexibility index (Phi) is 4.79. The molecule has 1 fully saturated rings. The van der Waals surface area contributed by atoms with Crippen molar-refractivity contribution in [3.05, 3.63) is 33.8 Å². The predicted octanol–water partition coefficient (Wildman–Crippen LogP) is 3.24. The lowest BCUT2D eigenvalue weighted by Crippen LogP contribution is -2.46. The Morgan fingerprint density at radius 1 is 1.30 bits per heavy atom. The van der Waals surface area contributed by atoms with Crippen molar-refractivity contribution in [2.75, 3.05) is 26.7 Å². The lowest BCUT2D eigenvalue weighted by molar-refractivity contribution is 0.113. The fraction of sp³-hybridized carbons (Fsp3) is 0.647. The summed E-state index contributed by atoms with van der Waals surface area (Å²) in [6, 6.07) is 7.59. The van der Waals surface area contributed by atoms with Gasteiger partial charge in [-0.2, -0.15) is 0 Å². The summed E-state index contributed by atoms with van der Waals surface area (Å²) < 4.78 is 1.22. The van der Waals surface area contributed by atoms with Gasteiger partial charge in [-0.15, -0.1) is 0 Å². The molecule has 2 aliphatic rings. The first-order valence-electron chi connectivity index (χ1n) is 7.92. The topological polar surface area (TPSA) is 15.3 Å². The van der Waals surface area contributed by atoms with Crippen LogP contribution in [0.2, 0.25) is 0 Å². The number of piperidine rings is 1. The lowest BCUT2D eigenvalue weighted by atomic mass is 9.86. The molecule has 0 amide bonds. The number of fused-ring (bicyclic) bond motifs is 1. The molecule has 1 aromatic carbocycles. The normalized spacial score (nSPS) is 27.3. The molecule has 2 atom stereocenters. The van der Waals surface area contributed by atoms with Gasteiger partial charge in [-0.05, 0) is 81.4 Å². The largest absolute Gasteiger partial charge is 0.319 e. The molecule has 2 unspecified atom stereocenters. The monoisotopic (exact) mass is 336 g/mol. The Hall–Kier alpha value is -0.380. The number of rotatable bonds is 3. The zero-order valence-electron chi connectivity index (χ0n) is 12.4. The number of benzene rings is 1. The minimum absolute atomic E-state index is 0.767. The van der Waals surface area contributed by atoms with Crippen molar-refractivity contribution in [3.63, 3.8) is 0 Å². The zero-order valence-corrected chi connectivity index (χ0v) is 14.0. The van der Waals surface area contributed by atoms with E-state index in [0.717, 1.165) is 12.0 Å². The highest BCUT2D eigenvalue weighted by Gasteiger charge is 2.28. The van der Waals surface area contributed by atoms with Crippen LogP contribution in [0.5, 0.6) is 0 Å². The molecule has 2 nitrogen and oxygen atoms in total. The van der Waals surface area contributed by atoms with Gasteiger partial charge in [-0.25, -0.2) is 0 Å². The number of nitrogens with zero attached hydrogens (tertiary/aromatic N) is 1. The van der Waals surface area contributed by atoms with Gasteiger partial charge in [0.1, 0.15) is 0 Å². The van der Waals surface area contributed by atoms with E-state index >= 15 is 0 Å². The van der Waals surface area contributed by atoms with E-state index in [1.165, 1.54) is 56.2 Å². The Balaban J connectivity index is 1.65. The highest BCUT2D eigenvalue weighted by molar-refractivity contribution is 9.10. The van der Waals surface area contributed by atoms with Crippen molar-refractivity contribution in [1.29, 1.82) is 0 Å². The Morgan fingerprint density at radius 2 is 2.20 bits per heavy atom. The van der Waals surface area contributed by atoms with Crippen LogP contribution in [0, 0.1) is 5.92 Å². The smallest absolute Gasteiger partial charge is 0.0178 e. The summed E-state index contributed by atoms with van der Waals surface area (Å²) in [7, 11) is 2.08. The molecule has 0 radical (unpaired) electrons. The van der Waals surface area contributed by atoms with Crippen molar-refractivity contribution in [2.45, 2.75) is 38.1 Å². The van der Waals surface area contributed by atoms with Crippen molar-refractivity contribution in [3.8, 4) is 0 Å². The first-order chi connectivity index (χ1) is 9.76. The second-order valence-corrected chi connectivity index (χ2v) is 7.29. The SMILES string of the molecule is CNCC1CCCN(C2CCc3cc(Br)ccc3C2)C1. The molecule has 0 saturated carbocycles. The zero-order chi connectivity index (χ0) is 13.9. The van der Waals surface area contributed by atoms with E-state index in [2.05, 4.69) is 51.4 Å². The average molecular weight is 337 g/mol. The van der Waals surface area contributed by atoms with Crippen molar-refractivity contribution < 1.29 is 0 Å². The number of halogens is 1. The maximum Gasteiger partial charge on any atom is 0.0178 e. The van der Waals surface area contributed by atoms with Crippen molar-refractivity contribution in [2.24, 2.45) is 5.92 Å². The minimum atomic E-state index is 0.767. The van der Waals surface area contributed by atoms with E-state index in [1.807, 2.05) is 0 Å². The molecule has 0 bridgehead atoms. The molecule has 0 spiro atoms. The van der Waals surface area contributed by atoms with Crippen LogP contribution in [0.1, 0.15) is 30.4 Å². The summed E-state index contributed by atoms with van der Waals surface area (Å²) in [4.78, 5) is 2.76. The lowest BCUT2D eigenvalue weighted by Gasteiger charge is -2.40. The molecular weight excluding hydrogens is 312 g/mol. The number of likely N-dealkylation sites (tertiary alicyclic amines) is 1. The summed E-state index contributed by atoms with van der Waals surface area (Å²) in [5, 5.41) is 3.35. The van der Waals surface area contributed by atoms with Gasteiger partial charge in [0, 0.05) is 17.1 Å². The number of aryl methyl sites for hydroxylation is 1. The maximum atomic E-state index is 3.59. The maximum absolute atomic E-state index is 3.59. The number of nitrogens with one attached hydrogen (secondary N) is 1. The molecule has 20 heavy (non-hydrogen) atoms. The third-order valence-corrected chi connectivity index (χ3v) is 5.42. The summed E-state index contributed by atoms with van der Waals surface area (Å²) in [5.74, 6) is 0.847. The molecule has 110 valence electrons. The van der Waals surface area contributed by atoms with Crippen LogP contribution in [0.25, 0.3) is 0 Å². The van der Waals surface area contributed by atoms with E-state index < -0.39 is 0 Å². The van der Waals surface area contributed by atoms with Crippen LogP contribution in [-0.4, -0.2) is 37.6 Å². The fourth-order valence-electron chi connectivity index (χ4n) is 3.90. The second kappa shape index (κ2) is 6.59. The molecule has 3 heteroatoms. The third kappa shape index (κ3) is 3.26. The molecule has 1 aliphatic heterocycles. The van der Waals surface area contributed by atoms with E-state index in [1.54, 1.807) is 11.1 Å². The fourth-order valence-corrected chi connectivity index (χ4v) is 4.31. The van der Waals surface area contributed by atoms with Crippen LogP contribution in [-0.2, 0) is 12.8 Å². The van der Waals surface area contributed by atoms with E-state index in [-0.39, 0.29) is 0 Å². The first kappa shape index (κ1) is 14.6. The van der Waals surface area contributed by atoms with Gasteiger partial charge in [0.2, 0.25) is 0 Å². The minimum Gasteiger partial charge on any atom is -0.319 e. The van der Waals surface area contributed by atoms with Crippen LogP contribution in [0.15, 0.2) is 22.7 Å². The average Bonchev–Trinajstić information content (AvgIpc) is 2.47. The predicted molar refractivity (Wildman–Crippen MR) is 88.2 cm³/mol. The Labute approximate surface area is 131 Å². The van der Waals surface area contributed by atoms with Crippen LogP contribution in [0.3, 0.4) is 0 Å². The van der Waals surface area contributed by atoms with Gasteiger partial charge >= 0.3 is 0 Å². The highest BCUT2D eigenvalue weighted by Crippen LogP contribution is 2.29. The standard InChI is InChI=1S/C17H25BrN2/c1-19-11-13-3-2-8-20(12-13)17-7-5-14-9-16(18)6-4-15(14)10-17/h4,6,9,13,17,19H,2-3,5,7-8,10-12H2,1H3. The molecule has 1 N–H and O–H groups in total. The van der Waals surface area contributed by atoms with Crippen LogP contribution in [0.4, 0.5) is 0 Å². The summed E-state index contributed by atoms with van der Waals surface area (Å²) >= 11 is 3.59. The van der Waals surface area contributed by atoms with Crippen LogP contribution < -0.4 is 5.32 Å². The summed E-state index contributed by atoms with van der Waals surface area (Å²) in [6.45, 7) is 3.76. The highest BCUT2D eigenvalue weighted by atomic mass is 79.9. The van der Waals surface area contributed by atoms with Gasteiger partial charge in [0.05, 0.1) is 0 Å². The molecule has 1 heterocycles. The quantitative estimate of drug-likeness (QED) is 0.911. The number of hydrogen-bond donors (Lipinski definition) is 1. The van der Waals surface area contributed by atoms with Crippen molar-refractivity contribution in [1.82, 2.24) is 10.2 Å². The molecule has 0 aromatic heterocycles. The molecule has 1 aromatic rings. The summed E-state index contributed by atoms with van der Waals surface area (Å²) in [6.07, 6.45) is 6.58. The van der Waals surface area contributed by atoms with Gasteiger partial charge in [-0.3, -0.25) is 4.90 Å². The van der Waals surface area contributed by atoms with Gasteiger partial charge in [-0.1, -0.05) is 22.0 Å². The van der Waals surface area contributed by atoms with Crippen molar-refractivity contribution >= 4 is 15.9 Å².